The summed E-state index contributed by atoms with van der Waals surface area (Å²) in [6.45, 7) is 4.93. The van der Waals surface area contributed by atoms with Gasteiger partial charge in [0.1, 0.15) is 11.4 Å². The van der Waals surface area contributed by atoms with Gasteiger partial charge in [-0.3, -0.25) is 4.68 Å². The molecule has 0 radical (unpaired) electrons. The van der Waals surface area contributed by atoms with Gasteiger partial charge in [-0.25, -0.2) is 4.98 Å². The first kappa shape index (κ1) is 11.2. The highest BCUT2D eigenvalue weighted by Gasteiger charge is 2.15. The molecule has 16 heavy (non-hydrogen) atoms. The van der Waals surface area contributed by atoms with E-state index in [1.165, 1.54) is 6.39 Å². The van der Waals surface area contributed by atoms with E-state index in [1.807, 2.05) is 17.7 Å². The summed E-state index contributed by atoms with van der Waals surface area (Å²) < 4.78 is 7.30. The predicted octanol–water partition coefficient (Wildman–Crippen LogP) is 2.86. The predicted molar refractivity (Wildman–Crippen MR) is 62.3 cm³/mol. The average Bonchev–Trinajstić information content (AvgIpc) is 2.93. The number of aryl methyl sites for hydroxylation is 2. The van der Waals surface area contributed by atoms with Crippen LogP contribution in [0.2, 0.25) is 0 Å². The van der Waals surface area contributed by atoms with E-state index in [2.05, 4.69) is 17.0 Å². The van der Waals surface area contributed by atoms with E-state index in [-0.39, 0.29) is 0 Å². The van der Waals surface area contributed by atoms with Crippen molar-refractivity contribution >= 4 is 11.6 Å². The lowest BCUT2D eigenvalue weighted by Gasteiger charge is -2.01. The first-order valence-corrected chi connectivity index (χ1v) is 5.89. The highest BCUT2D eigenvalue weighted by Crippen LogP contribution is 2.25. The Bertz CT molecular complexity index is 475. The van der Waals surface area contributed by atoms with Crippen LogP contribution in [0, 0.1) is 0 Å². The van der Waals surface area contributed by atoms with Gasteiger partial charge in [0.2, 0.25) is 0 Å². The Kier molecular flexibility index (Phi) is 3.29. The molecule has 2 rings (SSSR count). The molecule has 0 aliphatic rings. The van der Waals surface area contributed by atoms with Crippen LogP contribution in [0.5, 0.6) is 0 Å². The quantitative estimate of drug-likeness (QED) is 0.771. The Morgan fingerprint density at radius 1 is 1.44 bits per heavy atom. The Balaban J connectivity index is 2.50. The summed E-state index contributed by atoms with van der Waals surface area (Å²) in [5.41, 5.74) is 2.76. The zero-order valence-electron chi connectivity index (χ0n) is 9.40. The summed E-state index contributed by atoms with van der Waals surface area (Å²) >= 11 is 5.81. The van der Waals surface area contributed by atoms with Crippen molar-refractivity contribution in [2.24, 2.45) is 0 Å². The average molecular weight is 240 g/mol. The van der Waals surface area contributed by atoms with Crippen LogP contribution in [-0.4, -0.2) is 14.8 Å². The number of halogens is 1. The number of aromatic nitrogens is 3. The van der Waals surface area contributed by atoms with Crippen LogP contribution in [0.3, 0.4) is 0 Å². The molecule has 4 nitrogen and oxygen atoms in total. The van der Waals surface area contributed by atoms with Crippen LogP contribution < -0.4 is 0 Å². The number of oxazole rings is 1. The van der Waals surface area contributed by atoms with Crippen LogP contribution in [-0.2, 0) is 18.8 Å². The molecule has 0 aliphatic heterocycles. The lowest BCUT2D eigenvalue weighted by Crippen LogP contribution is -2.00. The number of hydrogen-bond donors (Lipinski definition) is 0. The lowest BCUT2D eigenvalue weighted by atomic mass is 10.2. The van der Waals surface area contributed by atoms with Crippen LogP contribution in [0.25, 0.3) is 11.5 Å². The minimum Gasteiger partial charge on any atom is -0.442 e. The van der Waals surface area contributed by atoms with Gasteiger partial charge in [-0.15, -0.1) is 11.6 Å². The zero-order valence-corrected chi connectivity index (χ0v) is 10.2. The molecule has 5 heteroatoms. The topological polar surface area (TPSA) is 43.9 Å². The van der Waals surface area contributed by atoms with Crippen LogP contribution in [0.4, 0.5) is 0 Å². The SMILES string of the molecule is CCc1cc(-c2ocnc2CCl)n(CC)n1. The third kappa shape index (κ3) is 1.85. The second-order valence-electron chi connectivity index (χ2n) is 3.45. The molecule has 86 valence electrons. The van der Waals surface area contributed by atoms with Gasteiger partial charge in [-0.1, -0.05) is 6.92 Å². The van der Waals surface area contributed by atoms with E-state index in [9.17, 15) is 0 Å². The zero-order chi connectivity index (χ0) is 11.5. The van der Waals surface area contributed by atoms with Gasteiger partial charge in [0.15, 0.2) is 12.2 Å². The largest absolute Gasteiger partial charge is 0.442 e. The van der Waals surface area contributed by atoms with Crippen molar-refractivity contribution in [2.45, 2.75) is 32.7 Å². The lowest BCUT2D eigenvalue weighted by molar-refractivity contribution is 0.556. The Morgan fingerprint density at radius 2 is 2.25 bits per heavy atom. The number of alkyl halides is 1. The molecule has 0 spiro atoms. The Morgan fingerprint density at radius 3 is 2.88 bits per heavy atom. The molecule has 2 aromatic heterocycles. The van der Waals surface area contributed by atoms with Gasteiger partial charge in [0.05, 0.1) is 11.6 Å². The first-order valence-electron chi connectivity index (χ1n) is 5.35. The molecule has 0 amide bonds. The maximum atomic E-state index is 5.81. The maximum absolute atomic E-state index is 5.81. The van der Waals surface area contributed by atoms with Crippen LogP contribution in [0.1, 0.15) is 25.2 Å². The molecule has 0 aromatic carbocycles. The minimum atomic E-state index is 0.349. The standard InChI is InChI=1S/C11H14ClN3O/c1-3-8-5-10(15(4-2)14-8)11-9(6-12)13-7-16-11/h5,7H,3-4,6H2,1-2H3. The maximum Gasteiger partial charge on any atom is 0.181 e. The molecule has 0 N–H and O–H groups in total. The summed E-state index contributed by atoms with van der Waals surface area (Å²) in [7, 11) is 0. The van der Waals surface area contributed by atoms with E-state index in [0.717, 1.165) is 35.8 Å². The number of nitrogens with zero attached hydrogens (tertiary/aromatic N) is 3. The van der Waals surface area contributed by atoms with Gasteiger partial charge < -0.3 is 4.42 Å². The first-order chi connectivity index (χ1) is 7.80. The molecule has 0 saturated heterocycles. The normalized spacial score (nSPS) is 10.9. The summed E-state index contributed by atoms with van der Waals surface area (Å²) in [5, 5.41) is 4.46. The molecule has 0 aliphatic carbocycles. The van der Waals surface area contributed by atoms with E-state index in [1.54, 1.807) is 0 Å². The summed E-state index contributed by atoms with van der Waals surface area (Å²) in [6.07, 6.45) is 2.33. The van der Waals surface area contributed by atoms with E-state index in [0.29, 0.717) is 5.88 Å². The third-order valence-electron chi connectivity index (χ3n) is 2.49. The summed E-state index contributed by atoms with van der Waals surface area (Å²) in [6, 6.07) is 2.03. The fourth-order valence-corrected chi connectivity index (χ4v) is 1.83. The van der Waals surface area contributed by atoms with Crippen LogP contribution in [0.15, 0.2) is 16.9 Å². The Labute approximate surface area is 99.2 Å². The monoisotopic (exact) mass is 239 g/mol. The molecule has 0 saturated carbocycles. The van der Waals surface area contributed by atoms with Gasteiger partial charge >= 0.3 is 0 Å². The van der Waals surface area contributed by atoms with Crippen molar-refractivity contribution < 1.29 is 4.42 Å². The molecule has 0 fully saturated rings. The fraction of sp³-hybridized carbons (Fsp3) is 0.455. The molecule has 2 heterocycles. The molecule has 0 bridgehead atoms. The Hall–Kier alpha value is -1.29. The van der Waals surface area contributed by atoms with Crippen LogP contribution >= 0.6 is 11.6 Å². The number of rotatable bonds is 4. The minimum absolute atomic E-state index is 0.349. The van der Waals surface area contributed by atoms with Gasteiger partial charge in [0, 0.05) is 6.54 Å². The highest BCUT2D eigenvalue weighted by atomic mass is 35.5. The highest BCUT2D eigenvalue weighted by molar-refractivity contribution is 6.17. The smallest absolute Gasteiger partial charge is 0.181 e. The number of hydrogen-bond acceptors (Lipinski definition) is 3. The summed E-state index contributed by atoms with van der Waals surface area (Å²) in [4.78, 5) is 4.08. The van der Waals surface area contributed by atoms with Crippen molar-refractivity contribution in [2.75, 3.05) is 0 Å². The second kappa shape index (κ2) is 4.70. The van der Waals surface area contributed by atoms with E-state index < -0.39 is 0 Å². The molecule has 2 aromatic rings. The fourth-order valence-electron chi connectivity index (χ4n) is 1.64. The van der Waals surface area contributed by atoms with Crippen molar-refractivity contribution in [1.82, 2.24) is 14.8 Å². The molecular weight excluding hydrogens is 226 g/mol. The van der Waals surface area contributed by atoms with Crippen molar-refractivity contribution in [3.8, 4) is 11.5 Å². The van der Waals surface area contributed by atoms with Gasteiger partial charge in [0.25, 0.3) is 0 Å². The van der Waals surface area contributed by atoms with Gasteiger partial charge in [-0.2, -0.15) is 5.10 Å². The summed E-state index contributed by atoms with van der Waals surface area (Å²) in [5.74, 6) is 1.08. The molecule has 0 atom stereocenters. The van der Waals surface area contributed by atoms with Gasteiger partial charge in [-0.05, 0) is 19.4 Å². The van der Waals surface area contributed by atoms with Crippen molar-refractivity contribution in [3.63, 3.8) is 0 Å². The molecular formula is C11H14ClN3O. The van der Waals surface area contributed by atoms with Crippen molar-refractivity contribution in [3.05, 3.63) is 23.8 Å². The third-order valence-corrected chi connectivity index (χ3v) is 2.75. The molecule has 0 unspecified atom stereocenters. The van der Waals surface area contributed by atoms with Crippen molar-refractivity contribution in [1.29, 1.82) is 0 Å². The van der Waals surface area contributed by atoms with E-state index >= 15 is 0 Å². The second-order valence-corrected chi connectivity index (χ2v) is 3.72. The van der Waals surface area contributed by atoms with E-state index in [4.69, 9.17) is 16.0 Å².